The van der Waals surface area contributed by atoms with E-state index in [4.69, 9.17) is 9.47 Å². The molecule has 2 atom stereocenters. The summed E-state index contributed by atoms with van der Waals surface area (Å²) in [7, 11) is 0. The lowest BCUT2D eigenvalue weighted by Gasteiger charge is -1.94. The summed E-state index contributed by atoms with van der Waals surface area (Å²) < 4.78 is 9.97. The molecule has 0 spiro atoms. The molecule has 4 nitrogen and oxygen atoms in total. The summed E-state index contributed by atoms with van der Waals surface area (Å²) in [5, 5.41) is 0. The second-order valence-corrected chi connectivity index (χ2v) is 6.83. The maximum atomic E-state index is 10.5. The molecule has 0 aromatic heterocycles. The predicted molar refractivity (Wildman–Crippen MR) is 80.1 cm³/mol. The Morgan fingerprint density at radius 3 is 1.95 bits per heavy atom. The molecule has 2 aliphatic rings. The number of carbonyl (C=O) groups is 2. The van der Waals surface area contributed by atoms with Crippen molar-refractivity contribution in [2.45, 2.75) is 32.5 Å². The summed E-state index contributed by atoms with van der Waals surface area (Å²) in [5.74, 6) is 4.17. The summed E-state index contributed by atoms with van der Waals surface area (Å²) in [6.45, 7) is 5.06. The van der Waals surface area contributed by atoms with Crippen LogP contribution in [0.15, 0.2) is 0 Å². The summed E-state index contributed by atoms with van der Waals surface area (Å²) in [5.41, 5.74) is 0. The zero-order valence-corrected chi connectivity index (χ0v) is 13.2. The lowest BCUT2D eigenvalue weighted by molar-refractivity contribution is -0.116. The Morgan fingerprint density at radius 2 is 1.53 bits per heavy atom. The van der Waals surface area contributed by atoms with Gasteiger partial charge in [-0.05, 0) is 13.8 Å². The monoisotopic (exact) mass is 306 g/mol. The van der Waals surface area contributed by atoms with Gasteiger partial charge in [0.15, 0.2) is 0 Å². The molecule has 2 fully saturated rings. The van der Waals surface area contributed by atoms with Crippen LogP contribution in [0.3, 0.4) is 0 Å². The van der Waals surface area contributed by atoms with Crippen LogP contribution in [-0.4, -0.2) is 60.0 Å². The van der Waals surface area contributed by atoms with E-state index in [-0.39, 0.29) is 11.6 Å². The molecule has 0 aliphatic carbocycles. The molecule has 0 bridgehead atoms. The Bertz CT molecular complexity index is 288. The molecular formula is C13H22O4S2. The fourth-order valence-corrected chi connectivity index (χ4v) is 3.01. The zero-order valence-electron chi connectivity index (χ0n) is 11.6. The largest absolute Gasteiger partial charge is 0.372 e. The average Bonchev–Trinajstić information content (AvgIpc) is 3.19. The Kier molecular flexibility index (Phi) is 8.77. The summed E-state index contributed by atoms with van der Waals surface area (Å²) in [6.07, 6.45) is 1.66. The van der Waals surface area contributed by atoms with Crippen LogP contribution in [-0.2, 0) is 19.1 Å². The van der Waals surface area contributed by atoms with Crippen LogP contribution in [0.4, 0.5) is 0 Å². The van der Waals surface area contributed by atoms with Crippen molar-refractivity contribution in [2.24, 2.45) is 0 Å². The van der Waals surface area contributed by atoms with Crippen LogP contribution in [0.5, 0.6) is 0 Å². The average molecular weight is 306 g/mol. The van der Waals surface area contributed by atoms with Gasteiger partial charge in [0.25, 0.3) is 0 Å². The lowest BCUT2D eigenvalue weighted by Crippen LogP contribution is -1.97. The quantitative estimate of drug-likeness (QED) is 0.478. The van der Waals surface area contributed by atoms with Crippen molar-refractivity contribution in [3.63, 3.8) is 0 Å². The highest BCUT2D eigenvalue weighted by Gasteiger charge is 2.22. The molecule has 2 unspecified atom stereocenters. The van der Waals surface area contributed by atoms with E-state index in [1.165, 1.54) is 0 Å². The number of ketones is 2. The molecule has 0 saturated carbocycles. The predicted octanol–water partition coefficient (Wildman–Crippen LogP) is 1.80. The maximum Gasteiger partial charge on any atom is 0.139 e. The van der Waals surface area contributed by atoms with Gasteiger partial charge in [-0.3, -0.25) is 9.59 Å². The maximum absolute atomic E-state index is 10.5. The van der Waals surface area contributed by atoms with Crippen molar-refractivity contribution in [3.8, 4) is 0 Å². The highest BCUT2D eigenvalue weighted by molar-refractivity contribution is 8.00. The molecular weight excluding hydrogens is 284 g/mol. The number of epoxide rings is 2. The van der Waals surface area contributed by atoms with Crippen LogP contribution >= 0.6 is 23.5 Å². The van der Waals surface area contributed by atoms with Crippen LogP contribution in [0.1, 0.15) is 20.3 Å². The minimum absolute atomic E-state index is 0.251. The zero-order chi connectivity index (χ0) is 14.1. The van der Waals surface area contributed by atoms with Crippen LogP contribution in [0.25, 0.3) is 0 Å². The van der Waals surface area contributed by atoms with Gasteiger partial charge in [-0.25, -0.2) is 0 Å². The summed E-state index contributed by atoms with van der Waals surface area (Å²) in [6, 6.07) is 0. The van der Waals surface area contributed by atoms with Gasteiger partial charge in [0.05, 0.1) is 31.2 Å². The van der Waals surface area contributed by atoms with Gasteiger partial charge in [-0.1, -0.05) is 0 Å². The number of thioether (sulfide) groups is 2. The molecule has 2 saturated heterocycles. The third-order valence-electron chi connectivity index (χ3n) is 2.32. The van der Waals surface area contributed by atoms with E-state index in [1.807, 2.05) is 0 Å². The summed E-state index contributed by atoms with van der Waals surface area (Å²) in [4.78, 5) is 20.8. The number of Topliss-reactive ketones (excluding diaryl/α,β-unsaturated/α-hetero) is 2. The third-order valence-corrected chi connectivity index (χ3v) is 4.63. The SMILES string of the molecule is CC(=O)CCSCC1CO1.CC(=O)CSCC1CO1. The number of carbonyl (C=O) groups excluding carboxylic acids is 2. The third kappa shape index (κ3) is 12.7. The van der Waals surface area contributed by atoms with Crippen molar-refractivity contribution in [3.05, 3.63) is 0 Å². The molecule has 0 aromatic rings. The molecule has 0 amide bonds. The Labute approximate surface area is 123 Å². The van der Waals surface area contributed by atoms with Crippen LogP contribution in [0.2, 0.25) is 0 Å². The van der Waals surface area contributed by atoms with E-state index in [0.717, 1.165) is 30.5 Å². The second kappa shape index (κ2) is 9.80. The number of hydrogen-bond acceptors (Lipinski definition) is 6. The minimum Gasteiger partial charge on any atom is -0.372 e. The Balaban J connectivity index is 0.000000191. The molecule has 2 heterocycles. The molecule has 0 radical (unpaired) electrons. The van der Waals surface area contributed by atoms with E-state index in [9.17, 15) is 9.59 Å². The van der Waals surface area contributed by atoms with Gasteiger partial charge in [0, 0.05) is 23.7 Å². The van der Waals surface area contributed by atoms with Crippen molar-refractivity contribution in [2.75, 3.05) is 36.2 Å². The lowest BCUT2D eigenvalue weighted by atomic mass is 10.4. The molecule has 6 heteroatoms. The molecule has 2 aliphatic heterocycles. The molecule has 110 valence electrons. The van der Waals surface area contributed by atoms with Gasteiger partial charge >= 0.3 is 0 Å². The highest BCUT2D eigenvalue weighted by atomic mass is 32.2. The van der Waals surface area contributed by atoms with Crippen LogP contribution in [0, 0.1) is 0 Å². The highest BCUT2D eigenvalue weighted by Crippen LogP contribution is 2.16. The van der Waals surface area contributed by atoms with E-state index < -0.39 is 0 Å². The topological polar surface area (TPSA) is 59.2 Å². The molecule has 0 aromatic carbocycles. The first-order chi connectivity index (χ1) is 9.08. The minimum atomic E-state index is 0.251. The van der Waals surface area contributed by atoms with E-state index in [0.29, 0.717) is 24.4 Å². The van der Waals surface area contributed by atoms with Crippen LogP contribution < -0.4 is 0 Å². The fourth-order valence-electron chi connectivity index (χ4n) is 1.09. The van der Waals surface area contributed by atoms with E-state index >= 15 is 0 Å². The van der Waals surface area contributed by atoms with E-state index in [2.05, 4.69) is 0 Å². The Morgan fingerprint density at radius 1 is 1.00 bits per heavy atom. The Hall–Kier alpha value is -0.0400. The smallest absolute Gasteiger partial charge is 0.139 e. The first-order valence-corrected chi connectivity index (χ1v) is 8.76. The summed E-state index contributed by atoms with van der Waals surface area (Å²) >= 11 is 3.46. The van der Waals surface area contributed by atoms with Crippen molar-refractivity contribution in [1.82, 2.24) is 0 Å². The molecule has 0 N–H and O–H groups in total. The molecule has 2 rings (SSSR count). The van der Waals surface area contributed by atoms with Crippen molar-refractivity contribution < 1.29 is 19.1 Å². The van der Waals surface area contributed by atoms with E-state index in [1.54, 1.807) is 37.4 Å². The second-order valence-electron chi connectivity index (χ2n) is 4.65. The first kappa shape index (κ1) is 17.0. The fraction of sp³-hybridized carbons (Fsp3) is 0.846. The number of ether oxygens (including phenoxy) is 2. The van der Waals surface area contributed by atoms with Gasteiger partial charge in [0.2, 0.25) is 0 Å². The van der Waals surface area contributed by atoms with Crippen molar-refractivity contribution in [1.29, 1.82) is 0 Å². The van der Waals surface area contributed by atoms with Gasteiger partial charge in [-0.2, -0.15) is 23.5 Å². The first-order valence-electron chi connectivity index (χ1n) is 6.45. The van der Waals surface area contributed by atoms with Gasteiger partial charge < -0.3 is 9.47 Å². The number of rotatable bonds is 9. The normalized spacial score (nSPS) is 23.3. The molecule has 19 heavy (non-hydrogen) atoms. The standard InChI is InChI=1S/C7H12O2S.C6H10O2S/c1-6(8)2-3-10-5-7-4-9-7;1-5(7)3-9-4-6-2-8-6/h7H,2-5H2,1H3;6H,2-4H2,1H3. The van der Waals surface area contributed by atoms with Crippen molar-refractivity contribution >= 4 is 35.1 Å². The van der Waals surface area contributed by atoms with Gasteiger partial charge in [0.1, 0.15) is 11.6 Å². The van der Waals surface area contributed by atoms with Gasteiger partial charge in [-0.15, -0.1) is 0 Å². The number of hydrogen-bond donors (Lipinski definition) is 0.